The van der Waals surface area contributed by atoms with E-state index in [1.165, 1.54) is 6.07 Å². The number of nitrogens with zero attached hydrogens (tertiary/aromatic N) is 1. The Labute approximate surface area is 150 Å². The van der Waals surface area contributed by atoms with Crippen molar-refractivity contribution in [2.45, 2.75) is 6.18 Å². The van der Waals surface area contributed by atoms with Crippen molar-refractivity contribution in [1.29, 1.82) is 0 Å². The van der Waals surface area contributed by atoms with Gasteiger partial charge in [0.15, 0.2) is 0 Å². The summed E-state index contributed by atoms with van der Waals surface area (Å²) in [6.45, 7) is 0. The smallest absolute Gasteiger partial charge is 0.247 e. The van der Waals surface area contributed by atoms with Gasteiger partial charge in [-0.15, -0.1) is 0 Å². The first-order chi connectivity index (χ1) is 11.9. The number of halogens is 4. The van der Waals surface area contributed by atoms with Gasteiger partial charge in [0.2, 0.25) is 0 Å². The summed E-state index contributed by atoms with van der Waals surface area (Å²) in [5, 5.41) is 1.69. The van der Waals surface area contributed by atoms with Crippen molar-refractivity contribution in [2.75, 3.05) is 0 Å². The number of benzene rings is 3. The van der Waals surface area contributed by atoms with E-state index in [9.17, 15) is 13.2 Å². The molecule has 0 saturated heterocycles. The predicted molar refractivity (Wildman–Crippen MR) is 97.4 cm³/mol. The van der Waals surface area contributed by atoms with Gasteiger partial charge >= 0.3 is 6.18 Å². The summed E-state index contributed by atoms with van der Waals surface area (Å²) in [5.74, 6) is 0. The summed E-state index contributed by atoms with van der Waals surface area (Å²) in [5.41, 5.74) is 0.652. The van der Waals surface area contributed by atoms with Gasteiger partial charge in [-0.05, 0) is 23.6 Å². The van der Waals surface area contributed by atoms with Crippen LogP contribution in [0.5, 0.6) is 0 Å². The summed E-state index contributed by atoms with van der Waals surface area (Å²) in [7, 11) is 0. The van der Waals surface area contributed by atoms with Crippen molar-refractivity contribution in [3.8, 4) is 11.3 Å². The van der Waals surface area contributed by atoms with Gasteiger partial charge in [-0.25, -0.2) is 4.98 Å². The molecule has 0 saturated carbocycles. The molecule has 0 aliphatic carbocycles. The quantitative estimate of drug-likeness (QED) is 0.318. The van der Waals surface area contributed by atoms with E-state index in [4.69, 9.17) is 0 Å². The van der Waals surface area contributed by atoms with E-state index in [0.29, 0.717) is 22.2 Å². The molecule has 1 nitrogen and oxygen atoms in total. The Hall–Kier alpha value is -2.40. The lowest BCUT2D eigenvalue weighted by molar-refractivity contribution is -0.136. The normalized spacial score (nSPS) is 12.0. The molecule has 0 unspecified atom stereocenters. The summed E-state index contributed by atoms with van der Waals surface area (Å²) >= 11 is 3.34. The minimum atomic E-state index is -4.45. The summed E-state index contributed by atoms with van der Waals surface area (Å²) < 4.78 is 41.8. The van der Waals surface area contributed by atoms with Crippen molar-refractivity contribution in [1.82, 2.24) is 4.98 Å². The van der Waals surface area contributed by atoms with E-state index in [2.05, 4.69) is 20.9 Å². The minimum absolute atomic E-state index is 0.118. The van der Waals surface area contributed by atoms with Gasteiger partial charge < -0.3 is 0 Å². The maximum absolute atomic E-state index is 13.6. The van der Waals surface area contributed by atoms with Gasteiger partial charge in [0.05, 0.1) is 16.8 Å². The second-order valence-corrected chi connectivity index (χ2v) is 6.66. The fourth-order valence-corrected chi connectivity index (χ4v) is 3.23. The van der Waals surface area contributed by atoms with Crippen LogP contribution in [-0.2, 0) is 6.18 Å². The van der Waals surface area contributed by atoms with Crippen molar-refractivity contribution < 1.29 is 13.2 Å². The average molecular weight is 402 g/mol. The largest absolute Gasteiger partial charge is 0.417 e. The second-order valence-electron chi connectivity index (χ2n) is 5.74. The molecule has 4 rings (SSSR count). The van der Waals surface area contributed by atoms with Gasteiger partial charge in [-0.1, -0.05) is 64.5 Å². The Bertz CT molecular complexity index is 1090. The molecule has 5 heteroatoms. The van der Waals surface area contributed by atoms with Crippen molar-refractivity contribution >= 4 is 37.6 Å². The number of rotatable bonds is 1. The standard InChI is InChI=1S/C20H11BrF3N/c21-14-8-5-13(6-9-14)18-11-17(20(22,23)24)16-10-7-12-3-1-2-4-15(12)19(16)25-18/h1-11H. The Morgan fingerprint density at radius 3 is 2.24 bits per heavy atom. The molecule has 0 aliphatic rings. The molecule has 0 spiro atoms. The zero-order chi connectivity index (χ0) is 17.6. The zero-order valence-corrected chi connectivity index (χ0v) is 14.4. The molecule has 0 atom stereocenters. The van der Waals surface area contributed by atoms with Gasteiger partial charge in [-0.3, -0.25) is 0 Å². The molecule has 3 aromatic carbocycles. The topological polar surface area (TPSA) is 12.9 Å². The zero-order valence-electron chi connectivity index (χ0n) is 12.8. The third kappa shape index (κ3) is 2.89. The summed E-state index contributed by atoms with van der Waals surface area (Å²) in [6.07, 6.45) is -4.45. The number of hydrogen-bond acceptors (Lipinski definition) is 1. The number of fused-ring (bicyclic) bond motifs is 3. The highest BCUT2D eigenvalue weighted by Gasteiger charge is 2.33. The molecule has 124 valence electrons. The van der Waals surface area contributed by atoms with Crippen LogP contribution in [0.25, 0.3) is 32.9 Å². The Morgan fingerprint density at radius 1 is 0.800 bits per heavy atom. The highest BCUT2D eigenvalue weighted by molar-refractivity contribution is 9.10. The first-order valence-electron chi connectivity index (χ1n) is 7.59. The van der Waals surface area contributed by atoms with E-state index in [-0.39, 0.29) is 5.39 Å². The SMILES string of the molecule is FC(F)(F)c1cc(-c2ccc(Br)cc2)nc2c1ccc1ccccc12. The molecule has 0 aliphatic heterocycles. The number of aromatic nitrogens is 1. The summed E-state index contributed by atoms with van der Waals surface area (Å²) in [6, 6.07) is 18.8. The maximum atomic E-state index is 13.6. The summed E-state index contributed by atoms with van der Waals surface area (Å²) in [4.78, 5) is 4.56. The molecule has 4 aromatic rings. The molecule has 0 fully saturated rings. The van der Waals surface area contributed by atoms with Crippen LogP contribution in [0.4, 0.5) is 13.2 Å². The maximum Gasteiger partial charge on any atom is 0.417 e. The fourth-order valence-electron chi connectivity index (χ4n) is 2.96. The Kier molecular flexibility index (Phi) is 3.76. The molecule has 1 aromatic heterocycles. The lowest BCUT2D eigenvalue weighted by Gasteiger charge is -2.14. The molecular formula is C20H11BrF3N. The van der Waals surface area contributed by atoms with E-state index < -0.39 is 11.7 Å². The first-order valence-corrected chi connectivity index (χ1v) is 8.38. The second kappa shape index (κ2) is 5.85. The van der Waals surface area contributed by atoms with Crippen LogP contribution in [0.1, 0.15) is 5.56 Å². The monoisotopic (exact) mass is 401 g/mol. The van der Waals surface area contributed by atoms with Crippen LogP contribution in [0.2, 0.25) is 0 Å². The van der Waals surface area contributed by atoms with E-state index in [0.717, 1.165) is 15.9 Å². The first kappa shape index (κ1) is 16.1. The molecule has 0 amide bonds. The van der Waals surface area contributed by atoms with Gasteiger partial charge in [0, 0.05) is 20.8 Å². The van der Waals surface area contributed by atoms with E-state index >= 15 is 0 Å². The van der Waals surface area contributed by atoms with Crippen molar-refractivity contribution in [2.24, 2.45) is 0 Å². The van der Waals surface area contributed by atoms with Gasteiger partial charge in [0.25, 0.3) is 0 Å². The Morgan fingerprint density at radius 2 is 1.52 bits per heavy atom. The van der Waals surface area contributed by atoms with Crippen LogP contribution >= 0.6 is 15.9 Å². The van der Waals surface area contributed by atoms with Crippen LogP contribution in [0.3, 0.4) is 0 Å². The fraction of sp³-hybridized carbons (Fsp3) is 0.0500. The molecule has 0 bridgehead atoms. The third-order valence-corrected chi connectivity index (χ3v) is 4.68. The van der Waals surface area contributed by atoms with Crippen LogP contribution < -0.4 is 0 Å². The number of pyridine rings is 1. The molecule has 0 radical (unpaired) electrons. The van der Waals surface area contributed by atoms with Crippen LogP contribution in [-0.4, -0.2) is 4.98 Å². The van der Waals surface area contributed by atoms with Gasteiger partial charge in [0.1, 0.15) is 0 Å². The number of alkyl halides is 3. The van der Waals surface area contributed by atoms with Gasteiger partial charge in [-0.2, -0.15) is 13.2 Å². The lowest BCUT2D eigenvalue weighted by atomic mass is 10.00. The number of hydrogen-bond donors (Lipinski definition) is 0. The van der Waals surface area contributed by atoms with Crippen LogP contribution in [0, 0.1) is 0 Å². The molecule has 1 heterocycles. The lowest BCUT2D eigenvalue weighted by Crippen LogP contribution is -2.07. The molecular weight excluding hydrogens is 391 g/mol. The molecule has 25 heavy (non-hydrogen) atoms. The van der Waals surface area contributed by atoms with Crippen molar-refractivity contribution in [3.63, 3.8) is 0 Å². The van der Waals surface area contributed by atoms with Crippen molar-refractivity contribution in [3.05, 3.63) is 76.8 Å². The van der Waals surface area contributed by atoms with E-state index in [1.807, 2.05) is 18.2 Å². The highest BCUT2D eigenvalue weighted by Crippen LogP contribution is 2.38. The van der Waals surface area contributed by atoms with E-state index in [1.54, 1.807) is 36.4 Å². The Balaban J connectivity index is 2.11. The minimum Gasteiger partial charge on any atom is -0.247 e. The highest BCUT2D eigenvalue weighted by atomic mass is 79.9. The predicted octanol–water partition coefficient (Wildman–Crippen LogP) is 6.84. The molecule has 0 N–H and O–H groups in total. The average Bonchev–Trinajstić information content (AvgIpc) is 2.60. The third-order valence-electron chi connectivity index (χ3n) is 4.15. The van der Waals surface area contributed by atoms with Crippen LogP contribution in [0.15, 0.2) is 71.2 Å².